The first-order chi connectivity index (χ1) is 11.1. The maximum atomic E-state index is 11.8. The number of halogens is 1. The molecule has 6 heteroatoms. The standard InChI is InChI=1S/C17H16BrN3O2/c18-14-8-4-5-9-15(14)20-16(22)10-11-17(23)21-19-12-13-6-2-1-3-7-13/h1-9,12H,10-11H2,(H,20,22)(H,21,23). The number of amides is 2. The Bertz CT molecular complexity index is 702. The van der Waals surface area contributed by atoms with Crippen molar-refractivity contribution in [1.29, 1.82) is 0 Å². The number of hydrogen-bond acceptors (Lipinski definition) is 3. The quantitative estimate of drug-likeness (QED) is 0.602. The molecular formula is C17H16BrN3O2. The van der Waals surface area contributed by atoms with Gasteiger partial charge in [0.15, 0.2) is 0 Å². The van der Waals surface area contributed by atoms with Gasteiger partial charge in [0.25, 0.3) is 0 Å². The van der Waals surface area contributed by atoms with Crippen molar-refractivity contribution < 1.29 is 9.59 Å². The van der Waals surface area contributed by atoms with E-state index in [9.17, 15) is 9.59 Å². The first kappa shape index (κ1) is 16.9. The largest absolute Gasteiger partial charge is 0.325 e. The molecule has 23 heavy (non-hydrogen) atoms. The summed E-state index contributed by atoms with van der Waals surface area (Å²) in [4.78, 5) is 23.5. The number of anilines is 1. The Labute approximate surface area is 142 Å². The Balaban J connectivity index is 1.73. The number of nitrogens with zero attached hydrogens (tertiary/aromatic N) is 1. The summed E-state index contributed by atoms with van der Waals surface area (Å²) in [6.07, 6.45) is 1.72. The highest BCUT2D eigenvalue weighted by Gasteiger charge is 2.08. The molecule has 0 saturated carbocycles. The van der Waals surface area contributed by atoms with E-state index in [0.29, 0.717) is 5.69 Å². The van der Waals surface area contributed by atoms with E-state index in [4.69, 9.17) is 0 Å². The van der Waals surface area contributed by atoms with E-state index in [1.54, 1.807) is 12.3 Å². The fourth-order valence-electron chi connectivity index (χ4n) is 1.78. The minimum absolute atomic E-state index is 0.0718. The lowest BCUT2D eigenvalue weighted by Gasteiger charge is -2.06. The molecule has 5 nitrogen and oxygen atoms in total. The summed E-state index contributed by atoms with van der Waals surface area (Å²) in [6.45, 7) is 0. The number of carbonyl (C=O) groups is 2. The number of hydrazone groups is 1. The minimum atomic E-state index is -0.306. The van der Waals surface area contributed by atoms with Crippen molar-refractivity contribution in [2.75, 3.05) is 5.32 Å². The van der Waals surface area contributed by atoms with Gasteiger partial charge in [-0.15, -0.1) is 0 Å². The highest BCUT2D eigenvalue weighted by molar-refractivity contribution is 9.10. The van der Waals surface area contributed by atoms with Crippen molar-refractivity contribution in [3.05, 3.63) is 64.6 Å². The number of rotatable bonds is 6. The molecule has 2 aromatic rings. The van der Waals surface area contributed by atoms with E-state index in [1.807, 2.05) is 48.5 Å². The number of hydrogen-bond donors (Lipinski definition) is 2. The second-order valence-electron chi connectivity index (χ2n) is 4.73. The summed E-state index contributed by atoms with van der Waals surface area (Å²) < 4.78 is 0.797. The van der Waals surface area contributed by atoms with Gasteiger partial charge in [-0.25, -0.2) is 5.43 Å². The monoisotopic (exact) mass is 373 g/mol. The molecule has 2 amide bonds. The molecule has 118 valence electrons. The highest BCUT2D eigenvalue weighted by atomic mass is 79.9. The highest BCUT2D eigenvalue weighted by Crippen LogP contribution is 2.21. The zero-order valence-corrected chi connectivity index (χ0v) is 13.9. The van der Waals surface area contributed by atoms with Crippen LogP contribution in [0.2, 0.25) is 0 Å². The number of nitrogens with one attached hydrogen (secondary N) is 2. The molecule has 0 unspecified atom stereocenters. The van der Waals surface area contributed by atoms with Gasteiger partial charge in [-0.1, -0.05) is 42.5 Å². The molecule has 2 N–H and O–H groups in total. The molecule has 2 aromatic carbocycles. The Kier molecular flexibility index (Phi) is 6.50. The van der Waals surface area contributed by atoms with Gasteiger partial charge in [-0.2, -0.15) is 5.10 Å². The Morgan fingerprint density at radius 1 is 0.957 bits per heavy atom. The van der Waals surface area contributed by atoms with Crippen LogP contribution in [0, 0.1) is 0 Å². The van der Waals surface area contributed by atoms with Crippen molar-refractivity contribution in [3.63, 3.8) is 0 Å². The van der Waals surface area contributed by atoms with Gasteiger partial charge in [0.05, 0.1) is 11.9 Å². The average molecular weight is 374 g/mol. The summed E-state index contributed by atoms with van der Waals surface area (Å²) in [5.41, 5.74) is 3.97. The zero-order chi connectivity index (χ0) is 16.5. The second kappa shape index (κ2) is 8.85. The predicted octanol–water partition coefficient (Wildman–Crippen LogP) is 3.32. The molecule has 0 bridgehead atoms. The second-order valence-corrected chi connectivity index (χ2v) is 5.59. The van der Waals surface area contributed by atoms with Crippen molar-refractivity contribution in [1.82, 2.24) is 5.43 Å². The van der Waals surface area contributed by atoms with E-state index in [1.165, 1.54) is 0 Å². The Morgan fingerprint density at radius 2 is 1.61 bits per heavy atom. The van der Waals surface area contributed by atoms with Crippen LogP contribution in [0.1, 0.15) is 18.4 Å². The molecule has 0 heterocycles. The Morgan fingerprint density at radius 3 is 2.35 bits per heavy atom. The summed E-state index contributed by atoms with van der Waals surface area (Å²) >= 11 is 3.35. The smallest absolute Gasteiger partial charge is 0.240 e. The third-order valence-corrected chi connectivity index (χ3v) is 3.62. The molecule has 0 radical (unpaired) electrons. The van der Waals surface area contributed by atoms with Gasteiger partial charge in [0.2, 0.25) is 11.8 Å². The normalized spacial score (nSPS) is 10.5. The van der Waals surface area contributed by atoms with Crippen molar-refractivity contribution in [2.45, 2.75) is 12.8 Å². The summed E-state index contributed by atoms with van der Waals surface area (Å²) in [5.74, 6) is -0.529. The molecule has 0 aliphatic rings. The molecule has 0 saturated heterocycles. The van der Waals surface area contributed by atoms with E-state index in [-0.39, 0.29) is 24.7 Å². The van der Waals surface area contributed by atoms with E-state index in [0.717, 1.165) is 10.0 Å². The van der Waals surface area contributed by atoms with Crippen molar-refractivity contribution >= 4 is 39.6 Å². The maximum Gasteiger partial charge on any atom is 0.240 e. The number of para-hydroxylation sites is 1. The average Bonchev–Trinajstić information content (AvgIpc) is 2.56. The van der Waals surface area contributed by atoms with E-state index < -0.39 is 0 Å². The Hall–Kier alpha value is -2.47. The van der Waals surface area contributed by atoms with E-state index in [2.05, 4.69) is 31.8 Å². The first-order valence-corrected chi connectivity index (χ1v) is 7.86. The fourth-order valence-corrected chi connectivity index (χ4v) is 2.16. The van der Waals surface area contributed by atoms with Crippen molar-refractivity contribution in [3.8, 4) is 0 Å². The molecular weight excluding hydrogens is 358 g/mol. The summed E-state index contributed by atoms with van der Waals surface area (Å²) in [5, 5.41) is 6.60. The molecule has 0 spiro atoms. The van der Waals surface area contributed by atoms with Gasteiger partial charge in [-0.3, -0.25) is 9.59 Å². The van der Waals surface area contributed by atoms with Crippen LogP contribution >= 0.6 is 15.9 Å². The van der Waals surface area contributed by atoms with Crippen LogP contribution in [0.3, 0.4) is 0 Å². The molecule has 0 aromatic heterocycles. The molecule has 2 rings (SSSR count). The lowest BCUT2D eigenvalue weighted by molar-refractivity contribution is -0.124. The fraction of sp³-hybridized carbons (Fsp3) is 0.118. The molecule has 0 fully saturated rings. The van der Waals surface area contributed by atoms with Gasteiger partial charge in [0, 0.05) is 17.3 Å². The van der Waals surface area contributed by atoms with Gasteiger partial charge in [0.1, 0.15) is 0 Å². The van der Waals surface area contributed by atoms with Crippen LogP contribution in [0.15, 0.2) is 64.2 Å². The third-order valence-electron chi connectivity index (χ3n) is 2.93. The summed E-state index contributed by atoms with van der Waals surface area (Å²) in [6, 6.07) is 16.7. The maximum absolute atomic E-state index is 11.8. The van der Waals surface area contributed by atoms with Crippen LogP contribution in [-0.2, 0) is 9.59 Å². The SMILES string of the molecule is O=C(CCC(=O)Nc1ccccc1Br)NN=Cc1ccccc1. The molecule has 0 atom stereocenters. The van der Waals surface area contributed by atoms with Crippen LogP contribution < -0.4 is 10.7 Å². The van der Waals surface area contributed by atoms with Gasteiger partial charge >= 0.3 is 0 Å². The molecule has 0 aliphatic carbocycles. The number of benzene rings is 2. The van der Waals surface area contributed by atoms with Crippen LogP contribution in [0.5, 0.6) is 0 Å². The lowest BCUT2D eigenvalue weighted by atomic mass is 10.2. The topological polar surface area (TPSA) is 70.6 Å². The van der Waals surface area contributed by atoms with Crippen LogP contribution in [-0.4, -0.2) is 18.0 Å². The van der Waals surface area contributed by atoms with Gasteiger partial charge in [-0.05, 0) is 33.6 Å². The minimum Gasteiger partial charge on any atom is -0.325 e. The van der Waals surface area contributed by atoms with Crippen LogP contribution in [0.25, 0.3) is 0 Å². The summed E-state index contributed by atoms with van der Waals surface area (Å²) in [7, 11) is 0. The number of carbonyl (C=O) groups excluding carboxylic acids is 2. The lowest BCUT2D eigenvalue weighted by Crippen LogP contribution is -2.20. The zero-order valence-electron chi connectivity index (χ0n) is 12.3. The van der Waals surface area contributed by atoms with Gasteiger partial charge < -0.3 is 5.32 Å². The van der Waals surface area contributed by atoms with Crippen LogP contribution in [0.4, 0.5) is 5.69 Å². The van der Waals surface area contributed by atoms with E-state index >= 15 is 0 Å². The third kappa shape index (κ3) is 6.04. The predicted molar refractivity (Wildman–Crippen MR) is 94.2 cm³/mol. The van der Waals surface area contributed by atoms with Crippen molar-refractivity contribution in [2.24, 2.45) is 5.10 Å². The first-order valence-electron chi connectivity index (χ1n) is 7.06. The molecule has 0 aliphatic heterocycles.